The van der Waals surface area contributed by atoms with E-state index >= 15 is 0 Å². The molecule has 3 rings (SSSR count). The van der Waals surface area contributed by atoms with Crippen molar-refractivity contribution in [1.29, 1.82) is 0 Å². The van der Waals surface area contributed by atoms with Crippen LogP contribution in [0.2, 0.25) is 0 Å². The molecule has 12 heteroatoms. The number of anilines is 1. The summed E-state index contributed by atoms with van der Waals surface area (Å²) < 4.78 is 37.1. The van der Waals surface area contributed by atoms with E-state index in [4.69, 9.17) is 4.74 Å². The lowest BCUT2D eigenvalue weighted by Crippen LogP contribution is -2.54. The van der Waals surface area contributed by atoms with Crippen molar-refractivity contribution in [2.75, 3.05) is 44.7 Å². The molecule has 1 aromatic carbocycles. The zero-order valence-corrected chi connectivity index (χ0v) is 24.1. The molecule has 1 N–H and O–H groups in total. The Labute approximate surface area is 224 Å². The van der Waals surface area contributed by atoms with E-state index in [1.165, 1.54) is 28.8 Å². The molecule has 1 atom stereocenters. The number of ether oxygens (including phenoxy) is 1. The predicted octanol–water partition coefficient (Wildman–Crippen LogP) is 1.85. The summed E-state index contributed by atoms with van der Waals surface area (Å²) >= 11 is 0. The number of aromatic nitrogens is 2. The van der Waals surface area contributed by atoms with Crippen molar-refractivity contribution >= 4 is 15.9 Å². The maximum absolute atomic E-state index is 13.1. The van der Waals surface area contributed by atoms with Crippen molar-refractivity contribution in [3.63, 3.8) is 0 Å². The third kappa shape index (κ3) is 6.48. The molecular weight excluding hydrogens is 512 g/mol. The summed E-state index contributed by atoms with van der Waals surface area (Å²) in [4.78, 5) is 30.0. The van der Waals surface area contributed by atoms with Gasteiger partial charge in [0.05, 0.1) is 12.0 Å². The molecule has 1 fully saturated rings. The van der Waals surface area contributed by atoms with Crippen LogP contribution in [-0.4, -0.2) is 79.1 Å². The van der Waals surface area contributed by atoms with Gasteiger partial charge >= 0.3 is 5.69 Å². The van der Waals surface area contributed by atoms with Gasteiger partial charge in [-0.25, -0.2) is 4.79 Å². The second kappa shape index (κ2) is 11.6. The number of hydrogen-bond acceptors (Lipinski definition) is 9. The molecule has 1 unspecified atom stereocenters. The van der Waals surface area contributed by atoms with Gasteiger partial charge in [-0.1, -0.05) is 0 Å². The molecule has 11 nitrogen and oxygen atoms in total. The SMILES string of the molecule is COS(=O)(=O)c1ccc(OC(C)(C)C(O)CN2CCN(c3cc(=O)n(C(C)C)c(=O)n3C(C)C)CC2)cc1. The molecule has 2 heterocycles. The second-order valence-electron chi connectivity index (χ2n) is 10.7. The first-order chi connectivity index (χ1) is 17.7. The summed E-state index contributed by atoms with van der Waals surface area (Å²) in [6, 6.07) is 7.06. The highest BCUT2D eigenvalue weighted by Crippen LogP contribution is 2.25. The van der Waals surface area contributed by atoms with Crippen molar-refractivity contribution in [3.8, 4) is 5.75 Å². The van der Waals surface area contributed by atoms with E-state index in [0.717, 1.165) is 7.11 Å². The van der Waals surface area contributed by atoms with Gasteiger partial charge in [-0.3, -0.25) is 23.0 Å². The van der Waals surface area contributed by atoms with Crippen LogP contribution in [0.15, 0.2) is 44.8 Å². The number of benzene rings is 1. The Morgan fingerprint density at radius 3 is 2.00 bits per heavy atom. The van der Waals surface area contributed by atoms with Crippen LogP contribution in [-0.2, 0) is 14.3 Å². The van der Waals surface area contributed by atoms with Crippen LogP contribution in [0.5, 0.6) is 5.75 Å². The molecule has 0 aliphatic carbocycles. The zero-order chi connectivity index (χ0) is 28.4. The predicted molar refractivity (Wildman–Crippen MR) is 146 cm³/mol. The van der Waals surface area contributed by atoms with E-state index in [9.17, 15) is 23.1 Å². The second-order valence-corrected chi connectivity index (χ2v) is 12.4. The maximum atomic E-state index is 13.1. The fourth-order valence-electron chi connectivity index (χ4n) is 4.53. The number of nitrogens with zero attached hydrogens (tertiary/aromatic N) is 4. The number of aliphatic hydroxyl groups excluding tert-OH is 1. The Kier molecular flexibility index (Phi) is 9.12. The maximum Gasteiger partial charge on any atom is 0.333 e. The molecule has 1 aliphatic heterocycles. The van der Waals surface area contributed by atoms with Crippen LogP contribution in [0.25, 0.3) is 0 Å². The molecule has 1 saturated heterocycles. The molecule has 1 aliphatic rings. The molecular formula is C26H40N4O7S. The first-order valence-electron chi connectivity index (χ1n) is 12.8. The van der Waals surface area contributed by atoms with Gasteiger partial charge in [0.2, 0.25) is 0 Å². The minimum atomic E-state index is -3.79. The number of β-amino-alcohol motifs (C(OH)–C–C–N with tert-alkyl or cyclic N) is 1. The van der Waals surface area contributed by atoms with Gasteiger partial charge in [-0.15, -0.1) is 0 Å². The Morgan fingerprint density at radius 2 is 1.50 bits per heavy atom. The Bertz CT molecular complexity index is 1320. The molecule has 2 aromatic rings. The van der Waals surface area contributed by atoms with Gasteiger partial charge in [0.25, 0.3) is 15.7 Å². The van der Waals surface area contributed by atoms with Crippen molar-refractivity contribution < 1.29 is 22.4 Å². The molecule has 0 amide bonds. The largest absolute Gasteiger partial charge is 0.485 e. The summed E-state index contributed by atoms with van der Waals surface area (Å²) in [5.74, 6) is 1.05. The highest BCUT2D eigenvalue weighted by Gasteiger charge is 2.33. The summed E-state index contributed by atoms with van der Waals surface area (Å²) in [7, 11) is -2.69. The van der Waals surface area contributed by atoms with Gasteiger partial charge in [-0.2, -0.15) is 8.42 Å². The Balaban J connectivity index is 1.66. The molecule has 0 bridgehead atoms. The number of aliphatic hydroxyl groups is 1. The van der Waals surface area contributed by atoms with Crippen molar-refractivity contribution in [1.82, 2.24) is 14.0 Å². The third-order valence-electron chi connectivity index (χ3n) is 6.82. The lowest BCUT2D eigenvalue weighted by Gasteiger charge is -2.40. The Morgan fingerprint density at radius 1 is 0.947 bits per heavy atom. The van der Waals surface area contributed by atoms with Gasteiger partial charge in [0, 0.05) is 50.9 Å². The average molecular weight is 553 g/mol. The van der Waals surface area contributed by atoms with Crippen LogP contribution in [0, 0.1) is 0 Å². The van der Waals surface area contributed by atoms with Gasteiger partial charge in [-0.05, 0) is 65.8 Å². The number of piperazine rings is 1. The van der Waals surface area contributed by atoms with Crippen LogP contribution in [0.4, 0.5) is 5.82 Å². The van der Waals surface area contributed by atoms with Crippen LogP contribution >= 0.6 is 0 Å². The van der Waals surface area contributed by atoms with Crippen LogP contribution in [0.1, 0.15) is 53.6 Å². The van der Waals surface area contributed by atoms with Crippen molar-refractivity contribution in [2.24, 2.45) is 0 Å². The fraction of sp³-hybridized carbons (Fsp3) is 0.615. The van der Waals surface area contributed by atoms with E-state index in [-0.39, 0.29) is 28.2 Å². The lowest BCUT2D eigenvalue weighted by atomic mass is 10.0. The van der Waals surface area contributed by atoms with E-state index in [1.807, 2.05) is 32.6 Å². The molecule has 0 saturated carbocycles. The van der Waals surface area contributed by atoms with E-state index < -0.39 is 21.8 Å². The number of hydrogen-bond donors (Lipinski definition) is 1. The van der Waals surface area contributed by atoms with Crippen LogP contribution in [0.3, 0.4) is 0 Å². The Hall–Kier alpha value is -2.67. The van der Waals surface area contributed by atoms with Gasteiger partial charge in [0.1, 0.15) is 23.3 Å². The smallest absolute Gasteiger partial charge is 0.333 e. The summed E-state index contributed by atoms with van der Waals surface area (Å²) in [6.07, 6.45) is -0.833. The highest BCUT2D eigenvalue weighted by atomic mass is 32.2. The topological polar surface area (TPSA) is 123 Å². The monoisotopic (exact) mass is 552 g/mol. The quantitative estimate of drug-likeness (QED) is 0.440. The fourth-order valence-corrected chi connectivity index (χ4v) is 5.19. The van der Waals surface area contributed by atoms with E-state index in [2.05, 4.69) is 9.08 Å². The first kappa shape index (κ1) is 29.9. The van der Waals surface area contributed by atoms with Crippen molar-refractivity contribution in [2.45, 2.75) is 70.2 Å². The zero-order valence-electron chi connectivity index (χ0n) is 23.2. The minimum Gasteiger partial charge on any atom is -0.485 e. The summed E-state index contributed by atoms with van der Waals surface area (Å²) in [5.41, 5.74) is -1.55. The van der Waals surface area contributed by atoms with E-state index in [1.54, 1.807) is 24.5 Å². The first-order valence-corrected chi connectivity index (χ1v) is 14.2. The third-order valence-corrected chi connectivity index (χ3v) is 8.11. The lowest BCUT2D eigenvalue weighted by molar-refractivity contribution is -0.0450. The molecule has 38 heavy (non-hydrogen) atoms. The van der Waals surface area contributed by atoms with Gasteiger partial charge in [0.15, 0.2) is 0 Å². The van der Waals surface area contributed by atoms with Crippen LogP contribution < -0.4 is 20.9 Å². The standard InChI is InChI=1S/C26H40N4O7S/c1-18(2)29-23(16-24(32)30(19(3)4)25(29)33)28-14-12-27(13-15-28)17-22(31)26(5,6)37-20-8-10-21(11-9-20)38(34,35)36-7/h8-11,16,18-19,22,31H,12-15,17H2,1-7H3. The van der Waals surface area contributed by atoms with Gasteiger partial charge < -0.3 is 14.7 Å². The average Bonchev–Trinajstić information content (AvgIpc) is 2.83. The van der Waals surface area contributed by atoms with Crippen molar-refractivity contribution in [3.05, 3.63) is 51.2 Å². The molecule has 1 aromatic heterocycles. The summed E-state index contributed by atoms with van der Waals surface area (Å²) in [5, 5.41) is 11.0. The number of rotatable bonds is 10. The summed E-state index contributed by atoms with van der Waals surface area (Å²) in [6.45, 7) is 13.9. The molecule has 0 spiro atoms. The minimum absolute atomic E-state index is 0.0213. The molecule has 212 valence electrons. The molecule has 0 radical (unpaired) electrons. The highest BCUT2D eigenvalue weighted by molar-refractivity contribution is 7.86. The van der Waals surface area contributed by atoms with E-state index in [0.29, 0.717) is 44.3 Å². The normalized spacial score (nSPS) is 16.3.